The molecule has 172 valence electrons. The second kappa shape index (κ2) is 9.28. The minimum Gasteiger partial charge on any atom is -0.394 e. The highest BCUT2D eigenvalue weighted by atomic mass is 16.5. The molecule has 5 rings (SSSR count). The second-order valence-corrected chi connectivity index (χ2v) is 8.03. The second-order valence-electron chi connectivity index (χ2n) is 8.03. The van der Waals surface area contributed by atoms with Crippen LogP contribution in [0.2, 0.25) is 0 Å². The number of rotatable bonds is 7. The summed E-state index contributed by atoms with van der Waals surface area (Å²) in [5, 5.41) is 20.2. The van der Waals surface area contributed by atoms with E-state index in [2.05, 4.69) is 30.7 Å². The molecule has 1 atom stereocenters. The third-order valence-corrected chi connectivity index (χ3v) is 5.71. The molecule has 0 bridgehead atoms. The maximum Gasteiger partial charge on any atom is 0.262 e. The average Bonchev–Trinajstić information content (AvgIpc) is 3.39. The van der Waals surface area contributed by atoms with E-state index in [1.807, 2.05) is 48.5 Å². The quantitative estimate of drug-likeness (QED) is 0.383. The van der Waals surface area contributed by atoms with Crippen LogP contribution >= 0.6 is 0 Å². The number of carbonyl (C=O) groups is 1. The maximum atomic E-state index is 12.0. The molecule has 3 N–H and O–H groups in total. The number of hydrogen-bond donors (Lipinski definition) is 3. The van der Waals surface area contributed by atoms with Crippen LogP contribution in [0.3, 0.4) is 0 Å². The number of hydrogen-bond acceptors (Lipinski definition) is 9. The van der Waals surface area contributed by atoms with Crippen LogP contribution in [0.1, 0.15) is 22.7 Å². The highest BCUT2D eigenvalue weighted by Crippen LogP contribution is 2.30. The molecular weight excluding hydrogens is 434 g/mol. The average molecular weight is 457 g/mol. The zero-order chi connectivity index (χ0) is 23.5. The third-order valence-electron chi connectivity index (χ3n) is 5.71. The molecule has 1 amide bonds. The number of likely N-dealkylation sites (N-methyl/N-ethyl adjacent to an activating group) is 1. The van der Waals surface area contributed by atoms with E-state index >= 15 is 0 Å². The predicted octanol–water partition coefficient (Wildman–Crippen LogP) is 2.93. The van der Waals surface area contributed by atoms with Crippen molar-refractivity contribution in [2.24, 2.45) is 0 Å². The summed E-state index contributed by atoms with van der Waals surface area (Å²) >= 11 is 0. The van der Waals surface area contributed by atoms with Gasteiger partial charge in [0.1, 0.15) is 11.4 Å². The van der Waals surface area contributed by atoms with Crippen molar-refractivity contribution in [1.82, 2.24) is 25.0 Å². The highest BCUT2D eigenvalue weighted by Gasteiger charge is 2.21. The normalized spacial score (nSPS) is 13.9. The van der Waals surface area contributed by atoms with Gasteiger partial charge in [-0.2, -0.15) is 9.97 Å². The summed E-state index contributed by atoms with van der Waals surface area (Å²) in [7, 11) is 1.80. The number of amides is 1. The minimum atomic E-state index is -0.401. The third kappa shape index (κ3) is 4.44. The Bertz CT molecular complexity index is 1300. The summed E-state index contributed by atoms with van der Waals surface area (Å²) in [5.74, 6) is 1.17. The van der Waals surface area contributed by atoms with Gasteiger partial charge in [-0.25, -0.2) is 4.98 Å². The van der Waals surface area contributed by atoms with Crippen molar-refractivity contribution >= 4 is 23.4 Å². The van der Waals surface area contributed by atoms with Crippen LogP contribution in [0.25, 0.3) is 11.5 Å². The van der Waals surface area contributed by atoms with Crippen LogP contribution in [-0.4, -0.2) is 49.7 Å². The number of nitrogens with zero attached hydrogens (tertiary/aromatic N) is 5. The Labute approximate surface area is 195 Å². The fraction of sp³-hybridized carbons (Fsp3) is 0.208. The molecule has 3 heterocycles. The van der Waals surface area contributed by atoms with E-state index in [1.54, 1.807) is 18.1 Å². The largest absolute Gasteiger partial charge is 0.394 e. The molecule has 0 saturated heterocycles. The van der Waals surface area contributed by atoms with E-state index in [4.69, 9.17) is 4.52 Å². The predicted molar refractivity (Wildman–Crippen MR) is 125 cm³/mol. The zero-order valence-corrected chi connectivity index (χ0v) is 18.5. The fourth-order valence-electron chi connectivity index (χ4n) is 3.88. The number of fused-ring (bicyclic) bond motifs is 1. The molecule has 4 aromatic rings. The molecule has 0 radical (unpaired) electrons. The van der Waals surface area contributed by atoms with Crippen molar-refractivity contribution in [3.05, 3.63) is 77.7 Å². The van der Waals surface area contributed by atoms with Gasteiger partial charge in [0.15, 0.2) is 6.33 Å². The van der Waals surface area contributed by atoms with Crippen molar-refractivity contribution in [2.45, 2.75) is 19.0 Å². The molecule has 0 saturated carbocycles. The summed E-state index contributed by atoms with van der Waals surface area (Å²) in [6, 6.07) is 15.0. The summed E-state index contributed by atoms with van der Waals surface area (Å²) in [6.07, 6.45) is 3.30. The van der Waals surface area contributed by atoms with Crippen LogP contribution in [0.5, 0.6) is 0 Å². The van der Waals surface area contributed by atoms with Crippen LogP contribution < -0.4 is 10.6 Å². The van der Waals surface area contributed by atoms with Crippen molar-refractivity contribution in [3.63, 3.8) is 0 Å². The number of aromatic nitrogens is 4. The first-order valence-electron chi connectivity index (χ1n) is 10.8. The number of carbonyl (C=O) groups excluding carboxylic acids is 1. The van der Waals surface area contributed by atoms with Gasteiger partial charge in [-0.05, 0) is 28.8 Å². The van der Waals surface area contributed by atoms with Gasteiger partial charge in [0.05, 0.1) is 19.1 Å². The van der Waals surface area contributed by atoms with Gasteiger partial charge in [0.2, 0.25) is 11.9 Å². The van der Waals surface area contributed by atoms with Gasteiger partial charge in [0.25, 0.3) is 5.89 Å². The summed E-state index contributed by atoms with van der Waals surface area (Å²) < 4.78 is 5.22. The fourth-order valence-corrected chi connectivity index (χ4v) is 3.88. The Balaban J connectivity index is 1.45. The number of nitrogens with one attached hydrogen (secondary N) is 2. The number of benzene rings is 2. The van der Waals surface area contributed by atoms with Crippen LogP contribution in [0, 0.1) is 0 Å². The molecule has 10 heteroatoms. The Morgan fingerprint density at radius 2 is 2.00 bits per heavy atom. The lowest BCUT2D eigenvalue weighted by molar-refractivity contribution is -0.130. The topological polar surface area (TPSA) is 129 Å². The maximum absolute atomic E-state index is 12.0. The van der Waals surface area contributed by atoms with Crippen molar-refractivity contribution < 1.29 is 14.4 Å². The van der Waals surface area contributed by atoms with Crippen LogP contribution in [0.4, 0.5) is 17.5 Å². The minimum absolute atomic E-state index is 0.112. The van der Waals surface area contributed by atoms with Crippen molar-refractivity contribution in [3.8, 4) is 11.5 Å². The molecule has 0 fully saturated rings. The number of aliphatic hydroxyl groups excluding tert-OH is 1. The van der Waals surface area contributed by atoms with E-state index in [0.717, 1.165) is 22.4 Å². The lowest BCUT2D eigenvalue weighted by Crippen LogP contribution is -2.32. The molecule has 0 unspecified atom stereocenters. The number of anilines is 3. The lowest BCUT2D eigenvalue weighted by atomic mass is 9.99. The highest BCUT2D eigenvalue weighted by molar-refractivity contribution is 5.81. The monoisotopic (exact) mass is 457 g/mol. The van der Waals surface area contributed by atoms with E-state index in [1.165, 1.54) is 6.33 Å². The molecule has 1 aliphatic rings. The Morgan fingerprint density at radius 1 is 1.15 bits per heavy atom. The molecule has 0 spiro atoms. The Kier molecular flexibility index (Phi) is 5.88. The Hall–Kier alpha value is -4.31. The molecule has 34 heavy (non-hydrogen) atoms. The van der Waals surface area contributed by atoms with Crippen molar-refractivity contribution in [2.75, 3.05) is 24.3 Å². The zero-order valence-electron chi connectivity index (χ0n) is 18.5. The first-order valence-corrected chi connectivity index (χ1v) is 10.8. The molecule has 2 aromatic heterocycles. The first-order chi connectivity index (χ1) is 16.6. The van der Waals surface area contributed by atoms with Gasteiger partial charge >= 0.3 is 0 Å². The Morgan fingerprint density at radius 3 is 2.76 bits per heavy atom. The van der Waals surface area contributed by atoms with Crippen LogP contribution in [-0.2, 0) is 17.8 Å². The van der Waals surface area contributed by atoms with E-state index < -0.39 is 6.04 Å². The summed E-state index contributed by atoms with van der Waals surface area (Å²) in [5.41, 5.74) is 4.33. The smallest absolute Gasteiger partial charge is 0.262 e. The van der Waals surface area contributed by atoms with Crippen LogP contribution in [0.15, 0.2) is 65.6 Å². The van der Waals surface area contributed by atoms with Gasteiger partial charge in [-0.15, -0.1) is 0 Å². The molecule has 0 aliphatic carbocycles. The summed E-state index contributed by atoms with van der Waals surface area (Å²) in [4.78, 5) is 26.8. The first kappa shape index (κ1) is 21.5. The van der Waals surface area contributed by atoms with E-state index in [-0.39, 0.29) is 18.4 Å². The van der Waals surface area contributed by atoms with Gasteiger partial charge in [-0.1, -0.05) is 41.6 Å². The van der Waals surface area contributed by atoms with Gasteiger partial charge in [0, 0.05) is 25.5 Å². The SMILES string of the molecule is CN1Cc2cc(Nc3ncc(-c4ncno4)c(N[C@H](CO)c4ccccc4)n3)ccc2CC1=O. The molecule has 2 aromatic carbocycles. The lowest BCUT2D eigenvalue weighted by Gasteiger charge is -2.25. The standard InChI is InChI=1S/C24H23N7O3/c1-31-12-17-9-18(8-7-16(17)10-21(31)33)28-24-25-11-19(23-26-14-27-34-23)22(30-24)29-20(13-32)15-5-3-2-4-6-15/h2-9,11,14,20,32H,10,12-13H2,1H3,(H2,25,28,29,30)/t20-/m1/s1. The van der Waals surface area contributed by atoms with Gasteiger partial charge < -0.3 is 25.2 Å². The van der Waals surface area contributed by atoms with E-state index in [0.29, 0.717) is 30.3 Å². The molecular formula is C24H23N7O3. The van der Waals surface area contributed by atoms with E-state index in [9.17, 15) is 9.90 Å². The molecule has 1 aliphatic heterocycles. The van der Waals surface area contributed by atoms with Gasteiger partial charge in [-0.3, -0.25) is 4.79 Å². The summed E-state index contributed by atoms with van der Waals surface area (Å²) in [6.45, 7) is 0.416. The molecule has 10 nitrogen and oxygen atoms in total. The number of aliphatic hydroxyl groups is 1. The van der Waals surface area contributed by atoms with Crippen molar-refractivity contribution in [1.29, 1.82) is 0 Å².